The Hall–Kier alpha value is -0.800. The van der Waals surface area contributed by atoms with Crippen LogP contribution in [0.4, 0.5) is 0 Å². The van der Waals surface area contributed by atoms with E-state index in [1.54, 1.807) is 0 Å². The Morgan fingerprint density at radius 1 is 1.11 bits per heavy atom. The summed E-state index contributed by atoms with van der Waals surface area (Å²) in [6, 6.07) is 0. The van der Waals surface area contributed by atoms with Crippen molar-refractivity contribution in [2.75, 3.05) is 6.61 Å². The van der Waals surface area contributed by atoms with Gasteiger partial charge in [0.1, 0.15) is 40.7 Å². The van der Waals surface area contributed by atoms with Gasteiger partial charge < -0.3 is 25.2 Å². The second kappa shape index (κ2) is 12.0. The van der Waals surface area contributed by atoms with Crippen molar-refractivity contribution in [1.82, 2.24) is 0 Å². The SMILES string of the molecule is CCCC(=O)CCCC/C(=N/OS(=O)(=O)O)S[C@@H]1O[C@H](CO)[C@@H](O)[C@H](O)[C@H]1O. The van der Waals surface area contributed by atoms with Crippen LogP contribution in [-0.4, -0.2) is 80.7 Å². The van der Waals surface area contributed by atoms with E-state index in [0.717, 1.165) is 18.2 Å². The standard InChI is InChI=1S/C15H27NO10S2/c1-2-5-9(18)6-3-4-7-11(16-26-28(22,23)24)27-15-14(21)13(20)12(19)10(8-17)25-15/h10,12-15,17,19-21H,2-8H2,1H3,(H,22,23,24)/b16-11-/t10-,12-,13+,14-,15+/m1/s1. The zero-order valence-corrected chi connectivity index (χ0v) is 17.0. The molecule has 164 valence electrons. The lowest BCUT2D eigenvalue weighted by molar-refractivity contribution is -0.205. The molecule has 1 aliphatic heterocycles. The first-order valence-electron chi connectivity index (χ1n) is 8.80. The van der Waals surface area contributed by atoms with Crippen LogP contribution in [0.1, 0.15) is 45.4 Å². The molecule has 28 heavy (non-hydrogen) atoms. The van der Waals surface area contributed by atoms with Crippen LogP contribution in [0.5, 0.6) is 0 Å². The summed E-state index contributed by atoms with van der Waals surface area (Å²) in [7, 11) is -4.85. The number of carbonyl (C=O) groups is 1. The number of ether oxygens (including phenoxy) is 1. The van der Waals surface area contributed by atoms with Crippen molar-refractivity contribution >= 4 is 33.0 Å². The molecule has 1 heterocycles. The highest BCUT2D eigenvalue weighted by molar-refractivity contribution is 8.14. The zero-order valence-electron chi connectivity index (χ0n) is 15.4. The van der Waals surface area contributed by atoms with Gasteiger partial charge in [0.2, 0.25) is 0 Å². The number of hydrogen-bond donors (Lipinski definition) is 5. The molecule has 1 aliphatic rings. The van der Waals surface area contributed by atoms with Crippen molar-refractivity contribution in [3.63, 3.8) is 0 Å². The van der Waals surface area contributed by atoms with Crippen LogP contribution in [0, 0.1) is 0 Å². The first kappa shape index (κ1) is 25.2. The zero-order chi connectivity index (χ0) is 21.3. The highest BCUT2D eigenvalue weighted by Crippen LogP contribution is 2.30. The number of aliphatic hydroxyl groups is 4. The summed E-state index contributed by atoms with van der Waals surface area (Å²) in [5.41, 5.74) is -1.18. The molecule has 0 aromatic carbocycles. The normalized spacial score (nSPS) is 28.9. The van der Waals surface area contributed by atoms with Gasteiger partial charge in [-0.25, -0.2) is 4.28 Å². The molecule has 0 aliphatic carbocycles. The van der Waals surface area contributed by atoms with Gasteiger partial charge in [-0.2, -0.15) is 8.42 Å². The maximum atomic E-state index is 11.5. The van der Waals surface area contributed by atoms with E-state index in [-0.39, 0.29) is 17.2 Å². The maximum absolute atomic E-state index is 11.5. The third kappa shape index (κ3) is 8.69. The number of aliphatic hydroxyl groups excluding tert-OH is 4. The molecule has 0 bridgehead atoms. The minimum absolute atomic E-state index is 0.0184. The van der Waals surface area contributed by atoms with Gasteiger partial charge in [-0.05, 0) is 25.7 Å². The van der Waals surface area contributed by atoms with Crippen LogP contribution in [0.25, 0.3) is 0 Å². The summed E-state index contributed by atoms with van der Waals surface area (Å²) in [6.45, 7) is 1.28. The number of oxime groups is 1. The van der Waals surface area contributed by atoms with Crippen LogP contribution in [0.15, 0.2) is 5.16 Å². The van der Waals surface area contributed by atoms with E-state index in [1.807, 2.05) is 6.92 Å². The molecule has 0 saturated carbocycles. The predicted octanol–water partition coefficient (Wildman–Crippen LogP) is -0.418. The Balaban J connectivity index is 2.75. The lowest BCUT2D eigenvalue weighted by atomic mass is 10.0. The molecule has 1 saturated heterocycles. The summed E-state index contributed by atoms with van der Waals surface area (Å²) >= 11 is 0.719. The Morgan fingerprint density at radius 2 is 1.75 bits per heavy atom. The van der Waals surface area contributed by atoms with Gasteiger partial charge >= 0.3 is 10.4 Å². The topological polar surface area (TPSA) is 183 Å². The fourth-order valence-electron chi connectivity index (χ4n) is 2.52. The molecule has 13 heteroatoms. The lowest BCUT2D eigenvalue weighted by Gasteiger charge is -2.39. The summed E-state index contributed by atoms with van der Waals surface area (Å²) in [5.74, 6) is 0.108. The van der Waals surface area contributed by atoms with Crippen LogP contribution in [-0.2, 0) is 24.2 Å². The first-order valence-corrected chi connectivity index (χ1v) is 11.0. The number of rotatable bonds is 11. The highest BCUT2D eigenvalue weighted by atomic mass is 32.3. The Bertz CT molecular complexity index is 624. The molecule has 0 radical (unpaired) electrons. The van der Waals surface area contributed by atoms with Crippen LogP contribution in [0.2, 0.25) is 0 Å². The van der Waals surface area contributed by atoms with E-state index < -0.39 is 46.9 Å². The summed E-state index contributed by atoms with van der Waals surface area (Å²) in [6.07, 6.45) is -3.13. The molecular weight excluding hydrogens is 418 g/mol. The van der Waals surface area contributed by atoms with E-state index >= 15 is 0 Å². The molecule has 0 aromatic rings. The number of unbranched alkanes of at least 4 members (excludes halogenated alkanes) is 1. The van der Waals surface area contributed by atoms with E-state index in [1.165, 1.54) is 0 Å². The molecule has 0 unspecified atom stereocenters. The van der Waals surface area contributed by atoms with Gasteiger partial charge in [0.25, 0.3) is 0 Å². The molecule has 5 N–H and O–H groups in total. The van der Waals surface area contributed by atoms with Crippen molar-refractivity contribution in [1.29, 1.82) is 0 Å². The number of hydrogen-bond acceptors (Lipinski definition) is 11. The fraction of sp³-hybridized carbons (Fsp3) is 0.867. The number of nitrogens with zero attached hydrogens (tertiary/aromatic N) is 1. The van der Waals surface area contributed by atoms with E-state index in [2.05, 4.69) is 9.44 Å². The van der Waals surface area contributed by atoms with Crippen LogP contribution < -0.4 is 0 Å². The van der Waals surface area contributed by atoms with Crippen molar-refractivity contribution in [3.05, 3.63) is 0 Å². The van der Waals surface area contributed by atoms with Gasteiger partial charge in [0, 0.05) is 12.8 Å². The van der Waals surface area contributed by atoms with E-state index in [9.17, 15) is 33.6 Å². The predicted molar refractivity (Wildman–Crippen MR) is 99.8 cm³/mol. The van der Waals surface area contributed by atoms with Crippen molar-refractivity contribution in [3.8, 4) is 0 Å². The molecular formula is C15H27NO10S2. The quantitative estimate of drug-likeness (QED) is 0.0915. The Kier molecular flexibility index (Phi) is 10.8. The van der Waals surface area contributed by atoms with Gasteiger partial charge in [0.05, 0.1) is 6.61 Å². The molecule has 0 aromatic heterocycles. The van der Waals surface area contributed by atoms with Crippen molar-refractivity contribution in [2.45, 2.75) is 75.3 Å². The summed E-state index contributed by atoms with van der Waals surface area (Å²) in [4.78, 5) is 11.5. The average molecular weight is 446 g/mol. The van der Waals surface area contributed by atoms with Crippen molar-refractivity contribution < 1.29 is 47.2 Å². The molecule has 0 amide bonds. The Morgan fingerprint density at radius 3 is 2.32 bits per heavy atom. The van der Waals surface area contributed by atoms with E-state index in [0.29, 0.717) is 25.7 Å². The highest BCUT2D eigenvalue weighted by Gasteiger charge is 2.44. The van der Waals surface area contributed by atoms with Gasteiger partial charge in [-0.1, -0.05) is 23.8 Å². The second-order valence-corrected chi connectivity index (χ2v) is 8.47. The Labute approximate surface area is 167 Å². The average Bonchev–Trinajstić information content (AvgIpc) is 2.62. The third-order valence-corrected chi connectivity index (χ3v) is 5.39. The fourth-order valence-corrected chi connectivity index (χ4v) is 3.86. The van der Waals surface area contributed by atoms with Crippen LogP contribution >= 0.6 is 11.8 Å². The lowest BCUT2D eigenvalue weighted by Crippen LogP contribution is -2.57. The number of thioether (sulfide) groups is 1. The molecule has 0 spiro atoms. The van der Waals surface area contributed by atoms with Gasteiger partial charge in [-0.3, -0.25) is 9.35 Å². The molecule has 5 atom stereocenters. The number of Topliss-reactive ketones (excluding diaryl/α,β-unsaturated/α-hetero) is 1. The molecule has 11 nitrogen and oxygen atoms in total. The van der Waals surface area contributed by atoms with Gasteiger partial charge in [0.15, 0.2) is 0 Å². The van der Waals surface area contributed by atoms with E-state index in [4.69, 9.17) is 9.29 Å². The summed E-state index contributed by atoms with van der Waals surface area (Å²) in [5, 5.41) is 42.2. The molecule has 1 fully saturated rings. The first-order chi connectivity index (χ1) is 13.1. The second-order valence-electron chi connectivity index (χ2n) is 6.30. The molecule has 1 rings (SSSR count). The maximum Gasteiger partial charge on any atom is 0.466 e. The largest absolute Gasteiger partial charge is 0.466 e. The van der Waals surface area contributed by atoms with Gasteiger partial charge in [-0.15, -0.1) is 0 Å². The third-order valence-electron chi connectivity index (χ3n) is 3.96. The minimum atomic E-state index is -4.85. The van der Waals surface area contributed by atoms with Crippen LogP contribution in [0.3, 0.4) is 0 Å². The van der Waals surface area contributed by atoms with Crippen molar-refractivity contribution in [2.24, 2.45) is 5.16 Å². The smallest absolute Gasteiger partial charge is 0.394 e. The minimum Gasteiger partial charge on any atom is -0.394 e. The number of carbonyl (C=O) groups excluding carboxylic acids is 1. The number of ketones is 1. The summed E-state index contributed by atoms with van der Waals surface area (Å²) < 4.78 is 39.5. The monoisotopic (exact) mass is 445 g/mol.